The standard InChI is InChI=1S/C11H15ClS/c1-8-5-9(7-13-8)11(2)4-3-10(12)6-11/h5,7,10H,3-4,6H2,1-2H3. The molecule has 1 aromatic heterocycles. The fraction of sp³-hybridized carbons (Fsp3) is 0.636. The Hall–Kier alpha value is -0.0100. The van der Waals surface area contributed by atoms with Crippen LogP contribution in [-0.2, 0) is 5.41 Å². The minimum Gasteiger partial charge on any atom is -0.149 e. The van der Waals surface area contributed by atoms with Gasteiger partial charge in [-0.1, -0.05) is 6.92 Å². The summed E-state index contributed by atoms with van der Waals surface area (Å²) in [6.07, 6.45) is 3.56. The van der Waals surface area contributed by atoms with Crippen LogP contribution in [0, 0.1) is 6.92 Å². The van der Waals surface area contributed by atoms with Gasteiger partial charge < -0.3 is 0 Å². The summed E-state index contributed by atoms with van der Waals surface area (Å²) in [5.74, 6) is 0. The zero-order valence-electron chi connectivity index (χ0n) is 8.14. The Labute approximate surface area is 88.9 Å². The average Bonchev–Trinajstić information content (AvgIpc) is 2.60. The Morgan fingerprint density at radius 2 is 2.38 bits per heavy atom. The number of hydrogen-bond acceptors (Lipinski definition) is 1. The molecule has 0 bridgehead atoms. The number of halogens is 1. The summed E-state index contributed by atoms with van der Waals surface area (Å²) in [4.78, 5) is 1.41. The number of thiophene rings is 1. The molecule has 0 spiro atoms. The molecule has 1 saturated carbocycles. The van der Waals surface area contributed by atoms with Gasteiger partial charge in [-0.2, -0.15) is 0 Å². The second-order valence-electron chi connectivity index (χ2n) is 4.35. The van der Waals surface area contributed by atoms with E-state index in [1.807, 2.05) is 11.3 Å². The first-order valence-electron chi connectivity index (χ1n) is 4.80. The lowest BCUT2D eigenvalue weighted by molar-refractivity contribution is 0.494. The van der Waals surface area contributed by atoms with Crippen LogP contribution in [0.1, 0.15) is 36.6 Å². The summed E-state index contributed by atoms with van der Waals surface area (Å²) < 4.78 is 0. The zero-order valence-corrected chi connectivity index (χ0v) is 9.71. The van der Waals surface area contributed by atoms with Crippen LogP contribution in [0.4, 0.5) is 0 Å². The molecule has 0 radical (unpaired) electrons. The highest BCUT2D eigenvalue weighted by atomic mass is 35.5. The van der Waals surface area contributed by atoms with Gasteiger partial charge in [0.25, 0.3) is 0 Å². The molecule has 1 heterocycles. The minimum atomic E-state index is 0.358. The third-order valence-corrected chi connectivity index (χ3v) is 4.34. The Morgan fingerprint density at radius 3 is 2.85 bits per heavy atom. The lowest BCUT2D eigenvalue weighted by Crippen LogP contribution is -2.16. The molecule has 0 nitrogen and oxygen atoms in total. The van der Waals surface area contributed by atoms with E-state index in [2.05, 4.69) is 25.3 Å². The van der Waals surface area contributed by atoms with E-state index in [1.54, 1.807) is 0 Å². The van der Waals surface area contributed by atoms with Crippen molar-refractivity contribution in [3.05, 3.63) is 21.9 Å². The van der Waals surface area contributed by atoms with Crippen molar-refractivity contribution >= 4 is 22.9 Å². The molecule has 0 amide bonds. The highest BCUT2D eigenvalue weighted by molar-refractivity contribution is 7.10. The van der Waals surface area contributed by atoms with Crippen molar-refractivity contribution in [1.29, 1.82) is 0 Å². The summed E-state index contributed by atoms with van der Waals surface area (Å²) in [6, 6.07) is 2.32. The van der Waals surface area contributed by atoms with Crippen LogP contribution in [0.2, 0.25) is 0 Å². The number of hydrogen-bond donors (Lipinski definition) is 0. The van der Waals surface area contributed by atoms with Gasteiger partial charge in [0.15, 0.2) is 0 Å². The van der Waals surface area contributed by atoms with E-state index in [0.29, 0.717) is 10.8 Å². The topological polar surface area (TPSA) is 0 Å². The molecule has 0 N–H and O–H groups in total. The van der Waals surface area contributed by atoms with Crippen molar-refractivity contribution in [2.24, 2.45) is 0 Å². The van der Waals surface area contributed by atoms with Gasteiger partial charge in [0.05, 0.1) is 0 Å². The fourth-order valence-corrected chi connectivity index (χ4v) is 3.50. The van der Waals surface area contributed by atoms with Crippen molar-refractivity contribution in [1.82, 2.24) is 0 Å². The second-order valence-corrected chi connectivity index (χ2v) is 6.08. The second kappa shape index (κ2) is 3.29. The lowest BCUT2D eigenvalue weighted by atomic mass is 9.83. The first-order valence-corrected chi connectivity index (χ1v) is 6.11. The third-order valence-electron chi connectivity index (χ3n) is 3.11. The normalized spacial score (nSPS) is 33.9. The molecule has 2 unspecified atom stereocenters. The maximum atomic E-state index is 6.16. The summed E-state index contributed by atoms with van der Waals surface area (Å²) in [5, 5.41) is 2.69. The van der Waals surface area contributed by atoms with Crippen LogP contribution in [0.5, 0.6) is 0 Å². The molecule has 1 aromatic rings. The van der Waals surface area contributed by atoms with Crippen LogP contribution in [0.25, 0.3) is 0 Å². The van der Waals surface area contributed by atoms with Crippen LogP contribution < -0.4 is 0 Å². The molecule has 2 atom stereocenters. The van der Waals surface area contributed by atoms with Crippen LogP contribution in [0.15, 0.2) is 11.4 Å². The molecule has 0 aromatic carbocycles. The predicted octanol–water partition coefficient (Wildman–Crippen LogP) is 4.11. The van der Waals surface area contributed by atoms with E-state index in [9.17, 15) is 0 Å². The highest BCUT2D eigenvalue weighted by Crippen LogP contribution is 2.43. The maximum Gasteiger partial charge on any atom is 0.0344 e. The fourth-order valence-electron chi connectivity index (χ4n) is 2.19. The minimum absolute atomic E-state index is 0.358. The van der Waals surface area contributed by atoms with Crippen molar-refractivity contribution in [3.63, 3.8) is 0 Å². The van der Waals surface area contributed by atoms with Crippen LogP contribution in [0.3, 0.4) is 0 Å². The molecular formula is C11H15ClS. The third kappa shape index (κ3) is 1.77. The molecule has 0 saturated heterocycles. The van der Waals surface area contributed by atoms with Crippen molar-refractivity contribution in [2.75, 3.05) is 0 Å². The smallest absolute Gasteiger partial charge is 0.0344 e. The monoisotopic (exact) mass is 214 g/mol. The first-order chi connectivity index (χ1) is 6.10. The van der Waals surface area contributed by atoms with Gasteiger partial charge in [-0.25, -0.2) is 0 Å². The molecule has 1 aliphatic carbocycles. The van der Waals surface area contributed by atoms with Crippen molar-refractivity contribution in [2.45, 2.75) is 43.9 Å². The Bertz CT molecular complexity index is 305. The van der Waals surface area contributed by atoms with E-state index in [0.717, 1.165) is 6.42 Å². The first kappa shape index (κ1) is 9.54. The van der Waals surface area contributed by atoms with Gasteiger partial charge >= 0.3 is 0 Å². The van der Waals surface area contributed by atoms with E-state index in [-0.39, 0.29) is 0 Å². The number of alkyl halides is 1. The molecule has 0 aliphatic heterocycles. The van der Waals surface area contributed by atoms with Gasteiger partial charge in [-0.15, -0.1) is 22.9 Å². The predicted molar refractivity (Wildman–Crippen MR) is 59.9 cm³/mol. The van der Waals surface area contributed by atoms with Gasteiger partial charge in [0, 0.05) is 10.3 Å². The van der Waals surface area contributed by atoms with Crippen LogP contribution in [-0.4, -0.2) is 5.38 Å². The number of aryl methyl sites for hydroxylation is 1. The summed E-state index contributed by atoms with van der Waals surface area (Å²) in [6.45, 7) is 4.52. The lowest BCUT2D eigenvalue weighted by Gasteiger charge is -2.22. The molecule has 1 aliphatic rings. The summed E-state index contributed by atoms with van der Waals surface area (Å²) in [7, 11) is 0. The van der Waals surface area contributed by atoms with E-state index in [1.165, 1.54) is 23.3 Å². The Kier molecular flexibility index (Phi) is 2.41. The molecule has 1 fully saturated rings. The molecule has 72 valence electrons. The molecule has 13 heavy (non-hydrogen) atoms. The van der Waals surface area contributed by atoms with Gasteiger partial charge in [0.2, 0.25) is 0 Å². The number of rotatable bonds is 1. The van der Waals surface area contributed by atoms with Gasteiger partial charge in [-0.3, -0.25) is 0 Å². The summed E-state index contributed by atoms with van der Waals surface area (Å²) in [5.41, 5.74) is 1.86. The largest absolute Gasteiger partial charge is 0.149 e. The quantitative estimate of drug-likeness (QED) is 0.618. The van der Waals surface area contributed by atoms with Gasteiger partial charge in [-0.05, 0) is 48.6 Å². The molecular weight excluding hydrogens is 200 g/mol. The van der Waals surface area contributed by atoms with E-state index < -0.39 is 0 Å². The van der Waals surface area contributed by atoms with E-state index >= 15 is 0 Å². The maximum absolute atomic E-state index is 6.16. The SMILES string of the molecule is Cc1cc(C2(C)CCC(Cl)C2)cs1. The molecule has 2 rings (SSSR count). The van der Waals surface area contributed by atoms with Gasteiger partial charge in [0.1, 0.15) is 0 Å². The zero-order chi connectivity index (χ0) is 9.47. The Morgan fingerprint density at radius 1 is 1.62 bits per heavy atom. The average molecular weight is 215 g/mol. The van der Waals surface area contributed by atoms with Crippen molar-refractivity contribution < 1.29 is 0 Å². The Balaban J connectivity index is 2.25. The highest BCUT2D eigenvalue weighted by Gasteiger charge is 2.35. The van der Waals surface area contributed by atoms with Crippen LogP contribution >= 0.6 is 22.9 Å². The van der Waals surface area contributed by atoms with E-state index in [4.69, 9.17) is 11.6 Å². The summed E-state index contributed by atoms with van der Waals surface area (Å²) >= 11 is 8.00. The molecule has 2 heteroatoms. The van der Waals surface area contributed by atoms with Crippen molar-refractivity contribution in [3.8, 4) is 0 Å².